The fourth-order valence-corrected chi connectivity index (χ4v) is 2.77. The molecular weight excluding hydrogens is 266 g/mol. The number of rotatable bonds is 2. The highest BCUT2D eigenvalue weighted by Gasteiger charge is 2.14. The van der Waals surface area contributed by atoms with E-state index in [1.54, 1.807) is 0 Å². The summed E-state index contributed by atoms with van der Waals surface area (Å²) in [7, 11) is 0. The van der Waals surface area contributed by atoms with Crippen molar-refractivity contribution < 1.29 is 0 Å². The first-order valence-corrected chi connectivity index (χ1v) is 7.62. The number of hydrogen-bond donors (Lipinski definition) is 0. The van der Waals surface area contributed by atoms with Crippen molar-refractivity contribution in [3.05, 3.63) is 72.4 Å². The van der Waals surface area contributed by atoms with E-state index in [1.807, 2.05) is 12.3 Å². The van der Waals surface area contributed by atoms with Crippen molar-refractivity contribution in [1.82, 2.24) is 4.98 Å². The van der Waals surface area contributed by atoms with Gasteiger partial charge >= 0.3 is 0 Å². The molecule has 0 spiro atoms. The first-order chi connectivity index (χ1) is 10.5. The SMILES string of the molecule is C=Cc1cccc2c(-c3ccc(C(C)(C)C)cc3)nccc12. The molecule has 110 valence electrons. The highest BCUT2D eigenvalue weighted by molar-refractivity contribution is 5.98. The summed E-state index contributed by atoms with van der Waals surface area (Å²) < 4.78 is 0. The molecule has 0 aliphatic rings. The molecule has 0 aliphatic carbocycles. The van der Waals surface area contributed by atoms with Crippen molar-refractivity contribution in [1.29, 1.82) is 0 Å². The first kappa shape index (κ1) is 14.5. The van der Waals surface area contributed by atoms with E-state index in [-0.39, 0.29) is 5.41 Å². The fourth-order valence-electron chi connectivity index (χ4n) is 2.77. The quantitative estimate of drug-likeness (QED) is 0.576. The van der Waals surface area contributed by atoms with Crippen molar-refractivity contribution in [2.75, 3.05) is 0 Å². The number of aromatic nitrogens is 1. The lowest BCUT2D eigenvalue weighted by molar-refractivity contribution is 0.590. The molecule has 0 bridgehead atoms. The second-order valence-corrected chi connectivity index (χ2v) is 6.63. The highest BCUT2D eigenvalue weighted by Crippen LogP contribution is 2.30. The third kappa shape index (κ3) is 2.55. The largest absolute Gasteiger partial charge is 0.256 e. The number of hydrogen-bond acceptors (Lipinski definition) is 1. The predicted molar refractivity (Wildman–Crippen MR) is 96.0 cm³/mol. The summed E-state index contributed by atoms with van der Waals surface area (Å²) in [5.74, 6) is 0. The maximum absolute atomic E-state index is 4.61. The van der Waals surface area contributed by atoms with Crippen LogP contribution in [-0.2, 0) is 5.41 Å². The zero-order chi connectivity index (χ0) is 15.7. The van der Waals surface area contributed by atoms with Gasteiger partial charge in [-0.25, -0.2) is 0 Å². The lowest BCUT2D eigenvalue weighted by Crippen LogP contribution is -2.10. The molecule has 1 heteroatoms. The van der Waals surface area contributed by atoms with Gasteiger partial charge in [-0.1, -0.05) is 75.9 Å². The van der Waals surface area contributed by atoms with Gasteiger partial charge in [0.2, 0.25) is 0 Å². The van der Waals surface area contributed by atoms with Crippen LogP contribution in [0.15, 0.2) is 61.3 Å². The van der Waals surface area contributed by atoms with Crippen LogP contribution in [0.25, 0.3) is 28.1 Å². The molecule has 0 fully saturated rings. The molecule has 3 aromatic rings. The summed E-state index contributed by atoms with van der Waals surface area (Å²) in [5, 5.41) is 2.37. The van der Waals surface area contributed by atoms with E-state index in [4.69, 9.17) is 0 Å². The van der Waals surface area contributed by atoms with Gasteiger partial charge in [-0.2, -0.15) is 0 Å². The van der Waals surface area contributed by atoms with E-state index in [0.717, 1.165) is 16.8 Å². The van der Waals surface area contributed by atoms with Crippen LogP contribution >= 0.6 is 0 Å². The number of benzene rings is 2. The van der Waals surface area contributed by atoms with Gasteiger partial charge in [0.25, 0.3) is 0 Å². The smallest absolute Gasteiger partial charge is 0.0780 e. The van der Waals surface area contributed by atoms with Crippen molar-refractivity contribution in [3.63, 3.8) is 0 Å². The van der Waals surface area contributed by atoms with E-state index in [2.05, 4.69) is 80.9 Å². The van der Waals surface area contributed by atoms with Crippen LogP contribution < -0.4 is 0 Å². The Hall–Kier alpha value is -2.41. The third-order valence-corrected chi connectivity index (χ3v) is 4.08. The van der Waals surface area contributed by atoms with Gasteiger partial charge < -0.3 is 0 Å². The molecule has 22 heavy (non-hydrogen) atoms. The van der Waals surface area contributed by atoms with Crippen LogP contribution in [0.3, 0.4) is 0 Å². The van der Waals surface area contributed by atoms with Gasteiger partial charge in [-0.15, -0.1) is 0 Å². The minimum atomic E-state index is 0.167. The molecule has 0 aliphatic heterocycles. The van der Waals surface area contributed by atoms with E-state index in [9.17, 15) is 0 Å². The number of nitrogens with zero attached hydrogens (tertiary/aromatic N) is 1. The minimum absolute atomic E-state index is 0.167. The Labute approximate surface area is 132 Å². The van der Waals surface area contributed by atoms with Crippen LogP contribution in [0.4, 0.5) is 0 Å². The molecular formula is C21H21N. The molecule has 1 heterocycles. The molecule has 2 aromatic carbocycles. The number of pyridine rings is 1. The fraction of sp³-hybridized carbons (Fsp3) is 0.190. The second-order valence-electron chi connectivity index (χ2n) is 6.63. The molecule has 0 unspecified atom stereocenters. The molecule has 0 atom stereocenters. The Morgan fingerprint density at radius 3 is 2.27 bits per heavy atom. The normalized spacial score (nSPS) is 11.6. The third-order valence-electron chi connectivity index (χ3n) is 4.08. The lowest BCUT2D eigenvalue weighted by Gasteiger charge is -2.19. The van der Waals surface area contributed by atoms with Gasteiger partial charge in [-0.3, -0.25) is 4.98 Å². The molecule has 0 saturated carbocycles. The van der Waals surface area contributed by atoms with Crippen LogP contribution in [0.1, 0.15) is 31.9 Å². The molecule has 0 radical (unpaired) electrons. The van der Waals surface area contributed by atoms with Crippen LogP contribution in [-0.4, -0.2) is 4.98 Å². The minimum Gasteiger partial charge on any atom is -0.256 e. The van der Waals surface area contributed by atoms with E-state index in [1.165, 1.54) is 16.3 Å². The lowest BCUT2D eigenvalue weighted by atomic mass is 9.86. The van der Waals surface area contributed by atoms with E-state index >= 15 is 0 Å². The first-order valence-electron chi connectivity index (χ1n) is 7.62. The summed E-state index contributed by atoms with van der Waals surface area (Å²) >= 11 is 0. The molecule has 1 nitrogen and oxygen atoms in total. The van der Waals surface area contributed by atoms with Crippen molar-refractivity contribution in [2.24, 2.45) is 0 Å². The maximum atomic E-state index is 4.61. The Balaban J connectivity index is 2.16. The molecule has 1 aromatic heterocycles. The molecule has 0 N–H and O–H groups in total. The van der Waals surface area contributed by atoms with Crippen molar-refractivity contribution in [3.8, 4) is 11.3 Å². The van der Waals surface area contributed by atoms with Crippen LogP contribution in [0.2, 0.25) is 0 Å². The molecule has 0 amide bonds. The van der Waals surface area contributed by atoms with E-state index < -0.39 is 0 Å². The van der Waals surface area contributed by atoms with Crippen LogP contribution in [0, 0.1) is 0 Å². The summed E-state index contributed by atoms with van der Waals surface area (Å²) in [6.07, 6.45) is 3.77. The maximum Gasteiger partial charge on any atom is 0.0780 e. The average molecular weight is 287 g/mol. The van der Waals surface area contributed by atoms with Gasteiger partial charge in [0.1, 0.15) is 0 Å². The van der Waals surface area contributed by atoms with Gasteiger partial charge in [0, 0.05) is 17.1 Å². The van der Waals surface area contributed by atoms with E-state index in [0.29, 0.717) is 0 Å². The zero-order valence-electron chi connectivity index (χ0n) is 13.4. The molecule has 0 saturated heterocycles. The summed E-state index contributed by atoms with van der Waals surface area (Å²) in [6.45, 7) is 10.6. The summed E-state index contributed by atoms with van der Waals surface area (Å²) in [5.41, 5.74) is 4.83. The second kappa shape index (κ2) is 5.42. The van der Waals surface area contributed by atoms with Crippen molar-refractivity contribution in [2.45, 2.75) is 26.2 Å². The van der Waals surface area contributed by atoms with Gasteiger partial charge in [0.15, 0.2) is 0 Å². The topological polar surface area (TPSA) is 12.9 Å². The van der Waals surface area contributed by atoms with Gasteiger partial charge in [0.05, 0.1) is 5.69 Å². The Bertz CT molecular complexity index is 821. The van der Waals surface area contributed by atoms with Crippen LogP contribution in [0.5, 0.6) is 0 Å². The monoisotopic (exact) mass is 287 g/mol. The Morgan fingerprint density at radius 2 is 1.64 bits per heavy atom. The predicted octanol–water partition coefficient (Wildman–Crippen LogP) is 5.84. The zero-order valence-corrected chi connectivity index (χ0v) is 13.4. The average Bonchev–Trinajstić information content (AvgIpc) is 2.53. The standard InChI is InChI=1S/C21H21N/c1-5-15-7-6-8-19-18(15)13-14-22-20(19)16-9-11-17(12-10-16)21(2,3)4/h5-14H,1H2,2-4H3. The summed E-state index contributed by atoms with van der Waals surface area (Å²) in [6, 6.07) is 17.1. The Morgan fingerprint density at radius 1 is 0.909 bits per heavy atom. The highest BCUT2D eigenvalue weighted by atomic mass is 14.7. The van der Waals surface area contributed by atoms with Crippen molar-refractivity contribution >= 4 is 16.8 Å². The molecule has 3 rings (SSSR count). The Kier molecular flexibility index (Phi) is 3.58. The van der Waals surface area contributed by atoms with Gasteiger partial charge in [-0.05, 0) is 28.0 Å². The summed E-state index contributed by atoms with van der Waals surface area (Å²) in [4.78, 5) is 4.61. The number of fused-ring (bicyclic) bond motifs is 1.